The molecule has 2 aromatic heterocycles. The second-order valence-corrected chi connectivity index (χ2v) is 10.0. The molecule has 0 radical (unpaired) electrons. The summed E-state index contributed by atoms with van der Waals surface area (Å²) in [6.07, 6.45) is -6.73. The van der Waals surface area contributed by atoms with Crippen LogP contribution in [0.15, 0.2) is 58.3 Å². The van der Waals surface area contributed by atoms with Crippen LogP contribution in [0, 0.1) is 0 Å². The molecule has 0 aliphatic carbocycles. The van der Waals surface area contributed by atoms with Gasteiger partial charge < -0.3 is 14.9 Å². The van der Waals surface area contributed by atoms with Gasteiger partial charge in [0, 0.05) is 31.2 Å². The number of halogens is 6. The first-order chi connectivity index (χ1) is 21.0. The van der Waals surface area contributed by atoms with Crippen LogP contribution in [-0.4, -0.2) is 78.9 Å². The van der Waals surface area contributed by atoms with Crippen LogP contribution in [-0.2, 0) is 34.6 Å². The lowest BCUT2D eigenvalue weighted by Gasteiger charge is -2.24. The number of aromatic nitrogens is 4. The van der Waals surface area contributed by atoms with E-state index in [4.69, 9.17) is 29.6 Å². The normalized spacial score (nSPS) is 17.5. The number of alkyl halides is 6. The Morgan fingerprint density at radius 2 is 1.47 bits per heavy atom. The molecule has 0 amide bonds. The van der Waals surface area contributed by atoms with Gasteiger partial charge in [0.15, 0.2) is 0 Å². The topological polar surface area (TPSA) is 157 Å². The van der Waals surface area contributed by atoms with E-state index >= 15 is 0 Å². The number of carboxylic acid groups (broad SMARTS) is 2. The maximum absolute atomic E-state index is 12.8. The summed E-state index contributed by atoms with van der Waals surface area (Å²) in [4.78, 5) is 49.9. The van der Waals surface area contributed by atoms with Gasteiger partial charge in [-0.1, -0.05) is 18.2 Å². The summed E-state index contributed by atoms with van der Waals surface area (Å²) in [6, 6.07) is 13.6. The lowest BCUT2D eigenvalue weighted by Crippen LogP contribution is -2.45. The number of carbonyl (C=O) groups is 2. The lowest BCUT2D eigenvalue weighted by molar-refractivity contribution is -0.193. The molecule has 244 valence electrons. The number of fused-ring (bicyclic) bond motifs is 2. The van der Waals surface area contributed by atoms with Crippen molar-refractivity contribution in [3.05, 3.63) is 86.5 Å². The van der Waals surface area contributed by atoms with E-state index in [2.05, 4.69) is 22.0 Å². The Bertz CT molecular complexity index is 1580. The van der Waals surface area contributed by atoms with Crippen molar-refractivity contribution in [1.82, 2.24) is 24.2 Å². The number of aliphatic carboxylic acids is 2. The highest BCUT2D eigenvalue weighted by molar-refractivity contribution is 5.73. The number of rotatable bonds is 5. The molecular weight excluding hydrogens is 620 g/mol. The van der Waals surface area contributed by atoms with Crippen LogP contribution in [0.25, 0.3) is 0 Å². The zero-order valence-corrected chi connectivity index (χ0v) is 23.5. The highest BCUT2D eigenvalue weighted by Crippen LogP contribution is 2.40. The second-order valence-electron chi connectivity index (χ2n) is 10.0. The Morgan fingerprint density at radius 3 is 1.98 bits per heavy atom. The van der Waals surface area contributed by atoms with Crippen molar-refractivity contribution in [2.24, 2.45) is 0 Å². The minimum absolute atomic E-state index is 0.189. The van der Waals surface area contributed by atoms with Crippen LogP contribution in [0.1, 0.15) is 29.9 Å². The standard InChI is InChI=1S/C23H25N5O3.2C2HF3O2/c1-31-19-7-5-17(6-8-19)14-26-12-9-23(16-26)10-13-27-20(29)21(30)28(25-22(23)27)15-18-4-2-3-11-24-18;2*3-2(4,5)1(6)7/h2-8,11H,9-10,12-16H2,1H3;2*(H,6,7). The maximum Gasteiger partial charge on any atom is 0.490 e. The summed E-state index contributed by atoms with van der Waals surface area (Å²) in [5, 5.41) is 18.9. The third-order valence-corrected chi connectivity index (χ3v) is 6.94. The van der Waals surface area contributed by atoms with Gasteiger partial charge in [0.05, 0.1) is 19.3 Å². The molecule has 5 rings (SSSR count). The van der Waals surface area contributed by atoms with Crippen LogP contribution in [0.5, 0.6) is 5.75 Å². The number of pyridine rings is 1. The largest absolute Gasteiger partial charge is 0.497 e. The Kier molecular flexibility index (Phi) is 10.7. The third kappa shape index (κ3) is 8.90. The molecule has 3 aromatic rings. The molecule has 1 unspecified atom stereocenters. The number of benzene rings is 1. The molecule has 2 aliphatic heterocycles. The van der Waals surface area contributed by atoms with Crippen molar-refractivity contribution < 1.29 is 50.9 Å². The zero-order valence-electron chi connectivity index (χ0n) is 23.5. The van der Waals surface area contributed by atoms with Crippen LogP contribution < -0.4 is 15.9 Å². The summed E-state index contributed by atoms with van der Waals surface area (Å²) in [5.41, 5.74) is 0.680. The Morgan fingerprint density at radius 1 is 0.889 bits per heavy atom. The average Bonchev–Trinajstić information content (AvgIpc) is 3.55. The Balaban J connectivity index is 0.000000331. The van der Waals surface area contributed by atoms with E-state index in [1.807, 2.05) is 30.3 Å². The van der Waals surface area contributed by atoms with Crippen LogP contribution in [0.3, 0.4) is 0 Å². The van der Waals surface area contributed by atoms with Gasteiger partial charge in [0.25, 0.3) is 0 Å². The molecule has 1 aromatic carbocycles. The van der Waals surface area contributed by atoms with Gasteiger partial charge in [0.1, 0.15) is 11.6 Å². The molecule has 1 fully saturated rings. The lowest BCUT2D eigenvalue weighted by atomic mass is 9.85. The van der Waals surface area contributed by atoms with Gasteiger partial charge in [-0.2, -0.15) is 31.4 Å². The molecule has 18 heteroatoms. The molecule has 0 bridgehead atoms. The molecule has 45 heavy (non-hydrogen) atoms. The minimum atomic E-state index is -5.08. The van der Waals surface area contributed by atoms with Crippen molar-refractivity contribution in [2.45, 2.75) is 50.2 Å². The van der Waals surface area contributed by atoms with E-state index in [0.717, 1.165) is 44.0 Å². The zero-order chi connectivity index (χ0) is 33.6. The van der Waals surface area contributed by atoms with E-state index in [9.17, 15) is 35.9 Å². The van der Waals surface area contributed by atoms with Gasteiger partial charge in [-0.15, -0.1) is 0 Å². The van der Waals surface area contributed by atoms with Crippen molar-refractivity contribution in [1.29, 1.82) is 0 Å². The number of methoxy groups -OCH3 is 1. The average molecular weight is 648 g/mol. The number of hydrogen-bond acceptors (Lipinski definition) is 8. The van der Waals surface area contributed by atoms with Gasteiger partial charge in [-0.25, -0.2) is 14.3 Å². The van der Waals surface area contributed by atoms with Crippen LogP contribution in [0.4, 0.5) is 26.3 Å². The van der Waals surface area contributed by atoms with Crippen molar-refractivity contribution >= 4 is 11.9 Å². The van der Waals surface area contributed by atoms with Crippen molar-refractivity contribution in [3.8, 4) is 5.75 Å². The fourth-order valence-electron chi connectivity index (χ4n) is 4.79. The highest BCUT2D eigenvalue weighted by atomic mass is 19.4. The molecule has 1 atom stereocenters. The molecule has 2 N–H and O–H groups in total. The SMILES string of the molecule is COc1ccc(CN2CCC3(CCn4c3nn(Cc3ccccn3)c(=O)c4=O)C2)cc1.O=C(O)C(F)(F)F.O=C(O)C(F)(F)F. The number of likely N-dealkylation sites (tertiary alicyclic amines) is 1. The van der Waals surface area contributed by atoms with E-state index in [1.54, 1.807) is 17.9 Å². The summed E-state index contributed by atoms with van der Waals surface area (Å²) < 4.78 is 71.6. The molecule has 12 nitrogen and oxygen atoms in total. The minimum Gasteiger partial charge on any atom is -0.497 e. The summed E-state index contributed by atoms with van der Waals surface area (Å²) in [6.45, 7) is 3.35. The first-order valence-corrected chi connectivity index (χ1v) is 13.0. The highest BCUT2D eigenvalue weighted by Gasteiger charge is 2.47. The number of hydrogen-bond donors (Lipinski definition) is 2. The smallest absolute Gasteiger partial charge is 0.490 e. The van der Waals surface area contributed by atoms with E-state index in [1.165, 1.54) is 10.2 Å². The molecule has 4 heterocycles. The molecule has 0 saturated carbocycles. The first-order valence-electron chi connectivity index (χ1n) is 13.0. The fraction of sp³-hybridized carbons (Fsp3) is 0.407. The Labute approximate surface area is 250 Å². The van der Waals surface area contributed by atoms with Gasteiger partial charge >= 0.3 is 35.4 Å². The van der Waals surface area contributed by atoms with E-state index < -0.39 is 35.4 Å². The van der Waals surface area contributed by atoms with Crippen molar-refractivity contribution in [3.63, 3.8) is 0 Å². The monoisotopic (exact) mass is 647 g/mol. The number of nitrogens with zero attached hydrogens (tertiary/aromatic N) is 5. The third-order valence-electron chi connectivity index (χ3n) is 6.94. The van der Waals surface area contributed by atoms with Gasteiger partial charge in [0.2, 0.25) is 0 Å². The van der Waals surface area contributed by atoms with Gasteiger partial charge in [-0.05, 0) is 49.2 Å². The van der Waals surface area contributed by atoms with Crippen LogP contribution in [0.2, 0.25) is 0 Å². The maximum atomic E-state index is 12.8. The van der Waals surface area contributed by atoms with Crippen LogP contribution >= 0.6 is 0 Å². The Hall–Kier alpha value is -4.74. The second kappa shape index (κ2) is 13.9. The number of ether oxygens (including phenoxy) is 1. The molecule has 1 saturated heterocycles. The quantitative estimate of drug-likeness (QED) is 0.312. The van der Waals surface area contributed by atoms with Gasteiger partial charge in [-0.3, -0.25) is 24.0 Å². The fourth-order valence-corrected chi connectivity index (χ4v) is 4.79. The van der Waals surface area contributed by atoms with E-state index in [0.29, 0.717) is 12.2 Å². The van der Waals surface area contributed by atoms with E-state index in [-0.39, 0.29) is 12.0 Å². The predicted octanol–water partition coefficient (Wildman–Crippen LogP) is 2.67. The molecular formula is C27H27F6N5O7. The van der Waals surface area contributed by atoms with Crippen molar-refractivity contribution in [2.75, 3.05) is 20.2 Å². The molecule has 2 aliphatic rings. The number of carboxylic acids is 2. The summed E-state index contributed by atoms with van der Waals surface area (Å²) >= 11 is 0. The predicted molar refractivity (Wildman–Crippen MR) is 143 cm³/mol. The molecule has 1 spiro atoms. The summed E-state index contributed by atoms with van der Waals surface area (Å²) in [5.74, 6) is -3.92. The first kappa shape index (κ1) is 34.7. The summed E-state index contributed by atoms with van der Waals surface area (Å²) in [7, 11) is 1.67.